The molecule has 3 rings (SSSR count). The average molecular weight is 760 g/mol. The van der Waals surface area contributed by atoms with Gasteiger partial charge in [-0.2, -0.15) is 0 Å². The number of benzene rings is 2. The Hall–Kier alpha value is -5.92. The summed E-state index contributed by atoms with van der Waals surface area (Å²) in [5, 5.41) is 31.0. The van der Waals surface area contributed by atoms with Gasteiger partial charge in [0.05, 0.1) is 26.4 Å². The lowest BCUT2D eigenvalue weighted by Crippen LogP contribution is -2.48. The summed E-state index contributed by atoms with van der Waals surface area (Å²) in [7, 11) is 0. The van der Waals surface area contributed by atoms with Crippen molar-refractivity contribution in [2.24, 2.45) is 5.92 Å². The van der Waals surface area contributed by atoms with Crippen LogP contribution in [0.5, 0.6) is 0 Å². The van der Waals surface area contributed by atoms with E-state index in [1.807, 2.05) is 69.3 Å². The highest BCUT2D eigenvalue weighted by Crippen LogP contribution is 2.30. The van der Waals surface area contributed by atoms with E-state index in [2.05, 4.69) is 25.1 Å². The van der Waals surface area contributed by atoms with Crippen molar-refractivity contribution in [3.8, 4) is 22.5 Å². The Bertz CT molecular complexity index is 1650. The van der Waals surface area contributed by atoms with Crippen molar-refractivity contribution in [1.82, 2.24) is 25.1 Å². The van der Waals surface area contributed by atoms with Crippen molar-refractivity contribution < 1.29 is 53.2 Å². The summed E-state index contributed by atoms with van der Waals surface area (Å²) < 4.78 is 20.4. The first-order valence-corrected chi connectivity index (χ1v) is 17.3. The summed E-state index contributed by atoms with van der Waals surface area (Å²) >= 11 is 0. The molecule has 1 atom stereocenters. The van der Waals surface area contributed by atoms with E-state index >= 15 is 0 Å². The Kier molecular flexibility index (Phi) is 18.0. The van der Waals surface area contributed by atoms with Gasteiger partial charge >= 0.3 is 12.1 Å². The second-order valence-corrected chi connectivity index (χ2v) is 12.0. The number of tetrazole rings is 1. The minimum Gasteiger partial charge on any atom is -0.464 e. The van der Waals surface area contributed by atoms with Crippen molar-refractivity contribution in [3.05, 3.63) is 74.3 Å². The number of unbranched alkanes of at least 4 members (excludes halogenated alkanes) is 2. The van der Waals surface area contributed by atoms with Gasteiger partial charge in [0, 0.05) is 18.5 Å². The summed E-state index contributed by atoms with van der Waals surface area (Å²) in [4.78, 5) is 70.2. The van der Waals surface area contributed by atoms with Crippen LogP contribution in [0.15, 0.2) is 48.5 Å². The number of amides is 1. The van der Waals surface area contributed by atoms with Crippen molar-refractivity contribution in [3.63, 3.8) is 0 Å². The molecule has 0 aliphatic rings. The molecule has 294 valence electrons. The number of hydrogen-bond acceptors (Lipinski definition) is 16. The summed E-state index contributed by atoms with van der Waals surface area (Å²) in [6.45, 7) is 4.95. The maximum Gasteiger partial charge on any atom is 0.510 e. The van der Waals surface area contributed by atoms with E-state index in [9.17, 15) is 34.6 Å². The Labute approximate surface area is 310 Å². The molecule has 2 aromatic carbocycles. The molecule has 1 aromatic heterocycles. The van der Waals surface area contributed by atoms with E-state index in [1.165, 1.54) is 0 Å². The fraction of sp³-hybridized carbons (Fsp3) is 0.529. The number of carbonyl (C=O) groups excluding carboxylic acids is 3. The maximum atomic E-state index is 13.5. The number of hydrogen-bond donors (Lipinski definition) is 0. The number of aromatic nitrogens is 4. The van der Waals surface area contributed by atoms with Gasteiger partial charge in [0.15, 0.2) is 0 Å². The lowest BCUT2D eigenvalue weighted by atomic mass is 9.97. The van der Waals surface area contributed by atoms with Crippen LogP contribution in [0.2, 0.25) is 0 Å². The van der Waals surface area contributed by atoms with Crippen LogP contribution in [0.3, 0.4) is 0 Å². The molecule has 0 fully saturated rings. The third-order valence-electron chi connectivity index (χ3n) is 7.66. The fourth-order valence-electron chi connectivity index (χ4n) is 5.10. The van der Waals surface area contributed by atoms with Crippen LogP contribution >= 0.6 is 0 Å². The molecule has 0 bridgehead atoms. The van der Waals surface area contributed by atoms with E-state index in [1.54, 1.807) is 4.90 Å². The monoisotopic (exact) mass is 759 g/mol. The quantitative estimate of drug-likeness (QED) is 0.0503. The fourth-order valence-corrected chi connectivity index (χ4v) is 5.10. The predicted octanol–water partition coefficient (Wildman–Crippen LogP) is 4.42. The Balaban J connectivity index is 1.65. The molecule has 1 unspecified atom stereocenters. The van der Waals surface area contributed by atoms with Crippen LogP contribution in [0.4, 0.5) is 4.79 Å². The zero-order valence-electron chi connectivity index (χ0n) is 30.4. The third kappa shape index (κ3) is 14.6. The molecule has 1 heterocycles. The number of ether oxygens (including phenoxy) is 4. The van der Waals surface area contributed by atoms with Crippen LogP contribution < -0.4 is 0 Å². The summed E-state index contributed by atoms with van der Waals surface area (Å²) in [5.41, 5.74) is 3.05. The zero-order chi connectivity index (χ0) is 39.3. The largest absolute Gasteiger partial charge is 0.510 e. The molecule has 0 radical (unpaired) electrons. The van der Waals surface area contributed by atoms with Gasteiger partial charge in [-0.05, 0) is 47.1 Å². The van der Waals surface area contributed by atoms with Crippen molar-refractivity contribution in [2.75, 3.05) is 39.6 Å². The van der Waals surface area contributed by atoms with Gasteiger partial charge in [-0.1, -0.05) is 75.7 Å². The third-order valence-corrected chi connectivity index (χ3v) is 7.66. The Morgan fingerprint density at radius 3 is 2.17 bits per heavy atom. The SMILES string of the molecule is CCCCC(=O)N(Cc1ccc(-c2ccccc2-c2nnn(COC(=O)OCCOCCO[N+](=O)[O-])n2)cc1)C(C(=O)OCCCCO[N+](=O)[O-])C(C)C. The molecule has 3 aromatic rings. The zero-order valence-corrected chi connectivity index (χ0v) is 30.4. The van der Waals surface area contributed by atoms with Crippen LogP contribution in [-0.2, 0) is 51.5 Å². The topological polar surface area (TPSA) is 240 Å². The number of esters is 1. The molecular weight excluding hydrogens is 714 g/mol. The number of carbonyl (C=O) groups is 3. The minimum absolute atomic E-state index is 0.0169. The highest BCUT2D eigenvalue weighted by molar-refractivity contribution is 5.85. The highest BCUT2D eigenvalue weighted by Gasteiger charge is 2.33. The molecule has 54 heavy (non-hydrogen) atoms. The van der Waals surface area contributed by atoms with Gasteiger partial charge in [0.1, 0.15) is 19.3 Å². The first-order valence-electron chi connectivity index (χ1n) is 17.3. The van der Waals surface area contributed by atoms with Gasteiger partial charge in [-0.25, -0.2) is 9.59 Å². The number of rotatable bonds is 25. The number of nitrogens with zero attached hydrogens (tertiary/aromatic N) is 7. The summed E-state index contributed by atoms with van der Waals surface area (Å²) in [6.07, 6.45) is 1.46. The van der Waals surface area contributed by atoms with Crippen molar-refractivity contribution in [1.29, 1.82) is 0 Å². The molecule has 0 aliphatic heterocycles. The molecule has 20 nitrogen and oxygen atoms in total. The van der Waals surface area contributed by atoms with Gasteiger partial charge in [0.2, 0.25) is 18.5 Å². The lowest BCUT2D eigenvalue weighted by molar-refractivity contribution is -0.758. The summed E-state index contributed by atoms with van der Waals surface area (Å²) in [5.74, 6) is -0.684. The smallest absolute Gasteiger partial charge is 0.464 e. The molecular formula is C34H45N7O13. The van der Waals surface area contributed by atoms with E-state index in [0.29, 0.717) is 24.8 Å². The van der Waals surface area contributed by atoms with Gasteiger partial charge in [-0.15, -0.1) is 35.2 Å². The van der Waals surface area contributed by atoms with Crippen LogP contribution in [-0.4, -0.2) is 99.0 Å². The van der Waals surface area contributed by atoms with Gasteiger partial charge in [0.25, 0.3) is 10.2 Å². The van der Waals surface area contributed by atoms with E-state index in [-0.39, 0.29) is 77.0 Å². The maximum absolute atomic E-state index is 13.5. The second kappa shape index (κ2) is 22.9. The van der Waals surface area contributed by atoms with Gasteiger partial charge < -0.3 is 33.5 Å². The highest BCUT2D eigenvalue weighted by atomic mass is 17.0. The Morgan fingerprint density at radius 2 is 1.48 bits per heavy atom. The van der Waals surface area contributed by atoms with E-state index in [0.717, 1.165) is 27.9 Å². The first kappa shape index (κ1) is 42.5. The normalized spacial score (nSPS) is 11.4. The second-order valence-electron chi connectivity index (χ2n) is 12.0. The molecule has 0 saturated heterocycles. The molecule has 0 saturated carbocycles. The Morgan fingerprint density at radius 1 is 0.815 bits per heavy atom. The molecule has 0 aliphatic carbocycles. The summed E-state index contributed by atoms with van der Waals surface area (Å²) in [6, 6.07) is 14.1. The molecule has 20 heteroatoms. The van der Waals surface area contributed by atoms with Crippen LogP contribution in [0.1, 0.15) is 58.4 Å². The molecule has 1 amide bonds. The molecule has 0 N–H and O–H groups in total. The van der Waals surface area contributed by atoms with Gasteiger partial charge in [-0.3, -0.25) is 4.79 Å². The van der Waals surface area contributed by atoms with Crippen molar-refractivity contribution >= 4 is 18.0 Å². The van der Waals surface area contributed by atoms with E-state index in [4.69, 9.17) is 18.9 Å². The van der Waals surface area contributed by atoms with Crippen LogP contribution in [0, 0.1) is 26.1 Å². The lowest BCUT2D eigenvalue weighted by Gasteiger charge is -2.33. The minimum atomic E-state index is -1.00. The van der Waals surface area contributed by atoms with Crippen molar-refractivity contribution in [2.45, 2.75) is 72.2 Å². The average Bonchev–Trinajstić information content (AvgIpc) is 3.62. The van der Waals surface area contributed by atoms with E-state index < -0.39 is 28.3 Å². The molecule has 0 spiro atoms. The predicted molar refractivity (Wildman–Crippen MR) is 187 cm³/mol. The first-order chi connectivity index (χ1) is 26.0. The van der Waals surface area contributed by atoms with Crippen LogP contribution in [0.25, 0.3) is 22.5 Å². The standard InChI is InChI=1S/C34H45N7O13/c1-4-5-12-30(42)38(31(25(2)3)33(43)50-17-8-9-18-53-40(45)46)23-26-13-15-27(16-14-26)28-10-6-7-11-29(28)32-35-37-39(36-32)24-52-34(44)51-21-19-49-20-22-54-41(47)48/h6-7,10-11,13-16,25,31H,4-5,8-9,12,17-24H2,1-3H3.